The van der Waals surface area contributed by atoms with E-state index in [1.165, 1.54) is 10.5 Å². The predicted octanol–water partition coefficient (Wildman–Crippen LogP) is 2.15. The van der Waals surface area contributed by atoms with Crippen LogP contribution in [0.1, 0.15) is 5.56 Å². The zero-order valence-electron chi connectivity index (χ0n) is 9.87. The van der Waals surface area contributed by atoms with Crippen molar-refractivity contribution in [3.8, 4) is 0 Å². The van der Waals surface area contributed by atoms with Crippen LogP contribution in [0.2, 0.25) is 0 Å². The van der Waals surface area contributed by atoms with E-state index in [-0.39, 0.29) is 5.56 Å². The summed E-state index contributed by atoms with van der Waals surface area (Å²) < 4.78 is 1.71. The first-order valence-corrected chi connectivity index (χ1v) is 6.81. The van der Waals surface area contributed by atoms with Crippen LogP contribution in [0.25, 0.3) is 0 Å². The maximum atomic E-state index is 11.9. The molecule has 0 spiro atoms. The molecule has 0 saturated heterocycles. The van der Waals surface area contributed by atoms with Crippen molar-refractivity contribution >= 4 is 17.4 Å². The van der Waals surface area contributed by atoms with Crippen LogP contribution in [0.15, 0.2) is 52.3 Å². The second-order valence-corrected chi connectivity index (χ2v) is 5.81. The van der Waals surface area contributed by atoms with Crippen molar-refractivity contribution in [2.24, 2.45) is 0 Å². The van der Waals surface area contributed by atoms with Crippen LogP contribution in [0, 0.1) is 0 Å². The van der Waals surface area contributed by atoms with Crippen molar-refractivity contribution in [3.63, 3.8) is 0 Å². The summed E-state index contributed by atoms with van der Waals surface area (Å²) >= 11 is 1.85. The molecule has 0 bridgehead atoms. The Morgan fingerprint density at radius 3 is 2.94 bits per heavy atom. The van der Waals surface area contributed by atoms with Gasteiger partial charge in [-0.25, -0.2) is 0 Å². The first kappa shape index (κ1) is 11.4. The lowest BCUT2D eigenvalue weighted by Gasteiger charge is -2.11. The molecule has 0 aliphatic carbocycles. The average Bonchev–Trinajstić information content (AvgIpc) is 2.77. The number of nitrogens with zero attached hydrogens (tertiary/aromatic N) is 1. The number of hydrogen-bond donors (Lipinski definition) is 1. The number of rotatable bonds is 2. The van der Waals surface area contributed by atoms with Crippen molar-refractivity contribution in [2.45, 2.75) is 23.1 Å². The third-order valence-electron chi connectivity index (χ3n) is 3.16. The number of nitrogen functional groups attached to an aromatic ring is 1. The minimum absolute atomic E-state index is 0.0888. The van der Waals surface area contributed by atoms with Gasteiger partial charge in [0.1, 0.15) is 0 Å². The number of fused-ring (bicyclic) bond motifs is 1. The van der Waals surface area contributed by atoms with E-state index in [4.69, 9.17) is 5.73 Å². The van der Waals surface area contributed by atoms with Crippen LogP contribution in [0.3, 0.4) is 0 Å². The highest BCUT2D eigenvalue weighted by Crippen LogP contribution is 2.37. The van der Waals surface area contributed by atoms with Gasteiger partial charge in [-0.2, -0.15) is 0 Å². The zero-order valence-corrected chi connectivity index (χ0v) is 10.7. The molecule has 1 unspecified atom stereocenters. The molecule has 0 radical (unpaired) electrons. The van der Waals surface area contributed by atoms with Crippen molar-refractivity contribution in [2.75, 3.05) is 5.73 Å². The lowest BCUT2D eigenvalue weighted by Crippen LogP contribution is -2.26. The Labute approximate surface area is 110 Å². The highest BCUT2D eigenvalue weighted by molar-refractivity contribution is 8.00. The molecule has 18 heavy (non-hydrogen) atoms. The van der Waals surface area contributed by atoms with Crippen molar-refractivity contribution < 1.29 is 0 Å². The average molecular weight is 258 g/mol. The fourth-order valence-corrected chi connectivity index (χ4v) is 3.59. The van der Waals surface area contributed by atoms with Gasteiger partial charge in [0, 0.05) is 22.9 Å². The molecule has 2 N–H and O–H groups in total. The number of pyridine rings is 1. The van der Waals surface area contributed by atoms with Crippen LogP contribution < -0.4 is 11.3 Å². The molecule has 4 heteroatoms. The minimum Gasteiger partial charge on any atom is -0.394 e. The smallest absolute Gasteiger partial charge is 0.273 e. The van der Waals surface area contributed by atoms with E-state index in [1.807, 2.05) is 24.0 Å². The van der Waals surface area contributed by atoms with Crippen molar-refractivity contribution in [1.29, 1.82) is 0 Å². The Balaban J connectivity index is 1.80. The highest BCUT2D eigenvalue weighted by Gasteiger charge is 2.22. The number of aromatic nitrogens is 1. The fraction of sp³-hybridized carbons (Fsp3) is 0.214. The highest BCUT2D eigenvalue weighted by atomic mass is 32.2. The Morgan fingerprint density at radius 2 is 2.11 bits per heavy atom. The molecule has 0 saturated carbocycles. The maximum absolute atomic E-state index is 11.9. The molecular formula is C14H14N2OS. The maximum Gasteiger partial charge on any atom is 0.273 e. The van der Waals surface area contributed by atoms with Gasteiger partial charge in [0.2, 0.25) is 0 Å². The van der Waals surface area contributed by atoms with E-state index in [2.05, 4.69) is 24.3 Å². The molecule has 0 fully saturated rings. The van der Waals surface area contributed by atoms with Gasteiger partial charge < -0.3 is 10.3 Å². The summed E-state index contributed by atoms with van der Waals surface area (Å²) in [5, 5.41) is 0.418. The summed E-state index contributed by atoms with van der Waals surface area (Å²) in [6, 6.07) is 11.9. The Hall–Kier alpha value is -1.68. The third-order valence-corrected chi connectivity index (χ3v) is 4.47. The Bertz CT molecular complexity index is 611. The van der Waals surface area contributed by atoms with Gasteiger partial charge in [-0.05, 0) is 30.2 Å². The quantitative estimate of drug-likeness (QED) is 0.898. The standard InChI is InChI=1S/C14H14N2OS/c15-12-5-3-7-16(14(12)17)9-11-8-10-4-1-2-6-13(10)18-11/h1-7,11H,8-9,15H2. The number of thioether (sulfide) groups is 1. The summed E-state index contributed by atoms with van der Waals surface area (Å²) in [5.41, 5.74) is 7.25. The molecule has 2 aromatic rings. The number of benzene rings is 1. The molecule has 2 heterocycles. The van der Waals surface area contributed by atoms with Crippen LogP contribution in [-0.4, -0.2) is 9.82 Å². The molecular weight excluding hydrogens is 244 g/mol. The van der Waals surface area contributed by atoms with E-state index in [9.17, 15) is 4.79 Å². The molecule has 3 rings (SSSR count). The SMILES string of the molecule is Nc1cccn(CC2Cc3ccccc3S2)c1=O. The Morgan fingerprint density at radius 1 is 1.28 bits per heavy atom. The lowest BCUT2D eigenvalue weighted by atomic mass is 10.1. The second kappa shape index (κ2) is 4.53. The predicted molar refractivity (Wildman–Crippen MR) is 74.9 cm³/mol. The van der Waals surface area contributed by atoms with Crippen molar-refractivity contribution in [1.82, 2.24) is 4.57 Å². The van der Waals surface area contributed by atoms with E-state index >= 15 is 0 Å². The third kappa shape index (κ3) is 2.04. The molecule has 1 aliphatic heterocycles. The van der Waals surface area contributed by atoms with Crippen LogP contribution >= 0.6 is 11.8 Å². The number of nitrogens with two attached hydrogens (primary N) is 1. The first-order chi connectivity index (χ1) is 8.74. The molecule has 1 aliphatic rings. The molecule has 1 aromatic carbocycles. The van der Waals surface area contributed by atoms with Gasteiger partial charge in [-0.3, -0.25) is 4.79 Å². The Kier molecular flexibility index (Phi) is 2.88. The minimum atomic E-state index is -0.0888. The summed E-state index contributed by atoms with van der Waals surface area (Å²) in [5.74, 6) is 0. The van der Waals surface area contributed by atoms with Gasteiger partial charge in [-0.1, -0.05) is 18.2 Å². The first-order valence-electron chi connectivity index (χ1n) is 5.93. The van der Waals surface area contributed by atoms with E-state index in [1.54, 1.807) is 10.6 Å². The van der Waals surface area contributed by atoms with Crippen LogP contribution in [0.5, 0.6) is 0 Å². The number of hydrogen-bond acceptors (Lipinski definition) is 3. The molecule has 1 atom stereocenters. The summed E-state index contributed by atoms with van der Waals surface area (Å²) in [6.45, 7) is 0.712. The van der Waals surface area contributed by atoms with Crippen molar-refractivity contribution in [3.05, 3.63) is 58.5 Å². The number of anilines is 1. The largest absolute Gasteiger partial charge is 0.394 e. The second-order valence-electron chi connectivity index (χ2n) is 4.47. The summed E-state index contributed by atoms with van der Waals surface area (Å²) in [4.78, 5) is 13.2. The molecule has 0 amide bonds. The molecule has 92 valence electrons. The van der Waals surface area contributed by atoms with Gasteiger partial charge in [0.25, 0.3) is 5.56 Å². The van der Waals surface area contributed by atoms with Gasteiger partial charge in [0.05, 0.1) is 5.69 Å². The molecule has 1 aromatic heterocycles. The van der Waals surface area contributed by atoms with Gasteiger partial charge >= 0.3 is 0 Å². The van der Waals surface area contributed by atoms with E-state index in [0.29, 0.717) is 17.5 Å². The monoisotopic (exact) mass is 258 g/mol. The fourth-order valence-electron chi connectivity index (χ4n) is 2.27. The zero-order chi connectivity index (χ0) is 12.5. The van der Waals surface area contributed by atoms with Gasteiger partial charge in [0.15, 0.2) is 0 Å². The van der Waals surface area contributed by atoms with Crippen LogP contribution in [0.4, 0.5) is 5.69 Å². The molecule has 3 nitrogen and oxygen atoms in total. The van der Waals surface area contributed by atoms with Crippen LogP contribution in [-0.2, 0) is 13.0 Å². The van der Waals surface area contributed by atoms with E-state index in [0.717, 1.165) is 6.42 Å². The summed E-state index contributed by atoms with van der Waals surface area (Å²) in [7, 11) is 0. The topological polar surface area (TPSA) is 48.0 Å². The van der Waals surface area contributed by atoms with Gasteiger partial charge in [-0.15, -0.1) is 11.8 Å². The normalized spacial score (nSPS) is 17.7. The lowest BCUT2D eigenvalue weighted by molar-refractivity contribution is 0.643. The van der Waals surface area contributed by atoms with E-state index < -0.39 is 0 Å². The summed E-state index contributed by atoms with van der Waals surface area (Å²) in [6.07, 6.45) is 2.82.